The number of hydrogen-bond acceptors (Lipinski definition) is 4. The molecule has 0 saturated heterocycles. The lowest BCUT2D eigenvalue weighted by molar-refractivity contribution is -0.135. The van der Waals surface area contributed by atoms with Gasteiger partial charge in [0.15, 0.2) is 0 Å². The fourth-order valence-corrected chi connectivity index (χ4v) is 3.09. The standard InChI is InChI=1S/C20H21NO4/c1-13-8-16-9-17(12-22)25-19(16)10-18(13)21(20(24)14(2)23)11-15-6-4-3-5-7-15/h3-8,10,17,22H,9,11-12H2,1-2H3. The molecule has 2 aromatic carbocycles. The lowest BCUT2D eigenvalue weighted by Gasteiger charge is -2.24. The topological polar surface area (TPSA) is 66.8 Å². The van der Waals surface area contributed by atoms with Crippen LogP contribution in [-0.4, -0.2) is 29.5 Å². The molecule has 1 aliphatic rings. The van der Waals surface area contributed by atoms with Crippen LogP contribution in [-0.2, 0) is 22.6 Å². The van der Waals surface area contributed by atoms with E-state index in [1.165, 1.54) is 11.8 Å². The third kappa shape index (κ3) is 3.56. The summed E-state index contributed by atoms with van der Waals surface area (Å²) in [6.07, 6.45) is 0.391. The largest absolute Gasteiger partial charge is 0.487 e. The SMILES string of the molecule is CC(=O)C(=O)N(Cc1ccccc1)c1cc2c(cc1C)CC(CO)O2. The number of benzene rings is 2. The molecule has 0 saturated carbocycles. The number of ether oxygens (including phenoxy) is 1. The average Bonchev–Trinajstić information content (AvgIpc) is 3.01. The Kier molecular flexibility index (Phi) is 4.86. The normalized spacial score (nSPS) is 15.4. The van der Waals surface area contributed by atoms with Gasteiger partial charge in [0.1, 0.15) is 11.9 Å². The second-order valence-electron chi connectivity index (χ2n) is 6.31. The smallest absolute Gasteiger partial charge is 0.294 e. The zero-order chi connectivity index (χ0) is 18.0. The second kappa shape index (κ2) is 7.07. The molecule has 0 bridgehead atoms. The maximum absolute atomic E-state index is 12.5. The van der Waals surface area contributed by atoms with Gasteiger partial charge in [0.25, 0.3) is 5.91 Å². The number of fused-ring (bicyclic) bond motifs is 1. The van der Waals surface area contributed by atoms with E-state index < -0.39 is 11.7 Å². The highest BCUT2D eigenvalue weighted by molar-refractivity contribution is 6.40. The number of carbonyl (C=O) groups is 2. The van der Waals surface area contributed by atoms with Gasteiger partial charge in [-0.05, 0) is 23.6 Å². The van der Waals surface area contributed by atoms with E-state index in [9.17, 15) is 14.7 Å². The molecule has 3 rings (SSSR count). The van der Waals surface area contributed by atoms with Gasteiger partial charge in [0, 0.05) is 19.4 Å². The zero-order valence-corrected chi connectivity index (χ0v) is 14.4. The molecule has 130 valence electrons. The number of amides is 1. The van der Waals surface area contributed by atoms with Gasteiger partial charge in [-0.15, -0.1) is 0 Å². The number of hydrogen-bond donors (Lipinski definition) is 1. The van der Waals surface area contributed by atoms with Crippen molar-refractivity contribution in [3.05, 3.63) is 59.2 Å². The minimum atomic E-state index is -0.552. The number of anilines is 1. The van der Waals surface area contributed by atoms with Crippen LogP contribution in [0.2, 0.25) is 0 Å². The summed E-state index contributed by atoms with van der Waals surface area (Å²) >= 11 is 0. The third-order valence-corrected chi connectivity index (χ3v) is 4.34. The molecule has 0 fully saturated rings. The summed E-state index contributed by atoms with van der Waals surface area (Å²) in [5, 5.41) is 9.31. The molecule has 5 heteroatoms. The van der Waals surface area contributed by atoms with Gasteiger partial charge in [-0.1, -0.05) is 36.4 Å². The van der Waals surface area contributed by atoms with E-state index in [1.807, 2.05) is 43.3 Å². The molecule has 2 aromatic rings. The van der Waals surface area contributed by atoms with Gasteiger partial charge in [-0.25, -0.2) is 0 Å². The van der Waals surface area contributed by atoms with Crippen LogP contribution in [0.5, 0.6) is 5.75 Å². The summed E-state index contributed by atoms with van der Waals surface area (Å²) < 4.78 is 5.72. The summed E-state index contributed by atoms with van der Waals surface area (Å²) in [7, 11) is 0. The van der Waals surface area contributed by atoms with E-state index in [0.29, 0.717) is 24.4 Å². The third-order valence-electron chi connectivity index (χ3n) is 4.34. The number of aryl methyl sites for hydroxylation is 1. The van der Waals surface area contributed by atoms with Gasteiger partial charge in [-0.2, -0.15) is 0 Å². The van der Waals surface area contributed by atoms with E-state index in [4.69, 9.17) is 4.74 Å². The van der Waals surface area contributed by atoms with Gasteiger partial charge in [-0.3, -0.25) is 9.59 Å². The lowest BCUT2D eigenvalue weighted by atomic mass is 10.0. The number of aliphatic hydroxyl groups excluding tert-OH is 1. The molecule has 0 spiro atoms. The average molecular weight is 339 g/mol. The van der Waals surface area contributed by atoms with Crippen LogP contribution in [0.25, 0.3) is 0 Å². The Morgan fingerprint density at radius 3 is 2.60 bits per heavy atom. The van der Waals surface area contributed by atoms with Crippen molar-refractivity contribution in [1.82, 2.24) is 0 Å². The fraction of sp³-hybridized carbons (Fsp3) is 0.300. The summed E-state index contributed by atoms with van der Waals surface area (Å²) in [5.41, 5.74) is 3.49. The Hall–Kier alpha value is -2.66. The number of ketones is 1. The molecule has 0 aliphatic carbocycles. The van der Waals surface area contributed by atoms with Crippen molar-refractivity contribution >= 4 is 17.4 Å². The number of carbonyl (C=O) groups excluding carboxylic acids is 2. The first kappa shape index (κ1) is 17.2. The molecular formula is C20H21NO4. The zero-order valence-electron chi connectivity index (χ0n) is 14.4. The first-order valence-electron chi connectivity index (χ1n) is 8.27. The Balaban J connectivity index is 1.99. The van der Waals surface area contributed by atoms with Gasteiger partial charge < -0.3 is 14.7 Å². The molecule has 25 heavy (non-hydrogen) atoms. The summed E-state index contributed by atoms with van der Waals surface area (Å²) in [5.74, 6) is -0.400. The molecule has 5 nitrogen and oxygen atoms in total. The van der Waals surface area contributed by atoms with Crippen LogP contribution in [0.4, 0.5) is 5.69 Å². The Labute approximate surface area is 146 Å². The van der Waals surface area contributed by atoms with Crippen molar-refractivity contribution in [3.63, 3.8) is 0 Å². The predicted molar refractivity (Wildman–Crippen MR) is 94.7 cm³/mol. The fourth-order valence-electron chi connectivity index (χ4n) is 3.09. The predicted octanol–water partition coefficient (Wildman–Crippen LogP) is 2.41. The molecule has 0 aromatic heterocycles. The molecule has 1 atom stereocenters. The van der Waals surface area contributed by atoms with Crippen LogP contribution < -0.4 is 9.64 Å². The quantitative estimate of drug-likeness (QED) is 0.850. The van der Waals surface area contributed by atoms with Crippen molar-refractivity contribution in [2.75, 3.05) is 11.5 Å². The second-order valence-corrected chi connectivity index (χ2v) is 6.31. The lowest BCUT2D eigenvalue weighted by Crippen LogP contribution is -2.35. The minimum absolute atomic E-state index is 0.0524. The van der Waals surface area contributed by atoms with Crippen molar-refractivity contribution < 1.29 is 19.4 Å². The van der Waals surface area contributed by atoms with Crippen molar-refractivity contribution in [2.45, 2.75) is 32.9 Å². The Bertz CT molecular complexity index is 801. The van der Waals surface area contributed by atoms with Crippen LogP contribution >= 0.6 is 0 Å². The molecule has 1 amide bonds. The van der Waals surface area contributed by atoms with E-state index in [0.717, 1.165) is 16.7 Å². The highest BCUT2D eigenvalue weighted by Crippen LogP contribution is 2.36. The highest BCUT2D eigenvalue weighted by atomic mass is 16.5. The van der Waals surface area contributed by atoms with Crippen LogP contribution in [0, 0.1) is 6.92 Å². The molecule has 1 aliphatic heterocycles. The maximum Gasteiger partial charge on any atom is 0.294 e. The molecular weight excluding hydrogens is 318 g/mol. The van der Waals surface area contributed by atoms with Crippen molar-refractivity contribution in [3.8, 4) is 5.75 Å². The number of Topliss-reactive ketones (excluding diaryl/α,β-unsaturated/α-hetero) is 1. The van der Waals surface area contributed by atoms with Crippen LogP contribution in [0.1, 0.15) is 23.6 Å². The Morgan fingerprint density at radius 2 is 1.96 bits per heavy atom. The van der Waals surface area contributed by atoms with Crippen molar-refractivity contribution in [1.29, 1.82) is 0 Å². The van der Waals surface area contributed by atoms with Crippen LogP contribution in [0.3, 0.4) is 0 Å². The first-order valence-corrected chi connectivity index (χ1v) is 8.27. The number of nitrogens with zero attached hydrogens (tertiary/aromatic N) is 1. The molecule has 0 radical (unpaired) electrons. The molecule has 1 unspecified atom stereocenters. The summed E-state index contributed by atoms with van der Waals surface area (Å²) in [6, 6.07) is 13.3. The van der Waals surface area contributed by atoms with Gasteiger partial charge in [0.2, 0.25) is 5.78 Å². The van der Waals surface area contributed by atoms with Gasteiger partial charge >= 0.3 is 0 Å². The molecule has 1 heterocycles. The van der Waals surface area contributed by atoms with E-state index in [2.05, 4.69) is 0 Å². The van der Waals surface area contributed by atoms with E-state index in [1.54, 1.807) is 6.07 Å². The monoisotopic (exact) mass is 339 g/mol. The molecule has 1 N–H and O–H groups in total. The van der Waals surface area contributed by atoms with E-state index in [-0.39, 0.29) is 12.7 Å². The highest BCUT2D eigenvalue weighted by Gasteiger charge is 2.27. The van der Waals surface area contributed by atoms with Crippen LogP contribution in [0.15, 0.2) is 42.5 Å². The maximum atomic E-state index is 12.5. The summed E-state index contributed by atoms with van der Waals surface area (Å²) in [4.78, 5) is 25.7. The number of aliphatic hydroxyl groups is 1. The van der Waals surface area contributed by atoms with Gasteiger partial charge in [0.05, 0.1) is 18.8 Å². The van der Waals surface area contributed by atoms with Crippen molar-refractivity contribution in [2.24, 2.45) is 0 Å². The Morgan fingerprint density at radius 1 is 1.24 bits per heavy atom. The minimum Gasteiger partial charge on any atom is -0.487 e. The first-order chi connectivity index (χ1) is 12.0. The summed E-state index contributed by atoms with van der Waals surface area (Å²) in [6.45, 7) is 3.44. The number of rotatable bonds is 5. The van der Waals surface area contributed by atoms with E-state index >= 15 is 0 Å².